The van der Waals surface area contributed by atoms with Gasteiger partial charge in [0, 0.05) is 18.7 Å². The summed E-state index contributed by atoms with van der Waals surface area (Å²) in [5.74, 6) is 0.870. The summed E-state index contributed by atoms with van der Waals surface area (Å²) in [4.78, 5) is 0. The SMILES string of the molecule is CCC1CCC2(CC1)CNCC(c1cccc(Cl)c1Cl)O2. The summed E-state index contributed by atoms with van der Waals surface area (Å²) in [6.07, 6.45) is 6.12. The van der Waals surface area contributed by atoms with Crippen molar-refractivity contribution in [3.63, 3.8) is 0 Å². The van der Waals surface area contributed by atoms with Gasteiger partial charge in [-0.15, -0.1) is 0 Å². The van der Waals surface area contributed by atoms with E-state index in [1.807, 2.05) is 18.2 Å². The summed E-state index contributed by atoms with van der Waals surface area (Å²) in [6, 6.07) is 5.80. The number of ether oxygens (including phenoxy) is 1. The van der Waals surface area contributed by atoms with E-state index in [9.17, 15) is 0 Å². The van der Waals surface area contributed by atoms with Crippen LogP contribution in [-0.2, 0) is 4.74 Å². The molecule has 1 atom stereocenters. The molecule has 1 N–H and O–H groups in total. The van der Waals surface area contributed by atoms with E-state index in [1.165, 1.54) is 19.3 Å². The molecule has 1 aromatic rings. The third-order valence-corrected chi connectivity index (χ3v) is 5.92. The number of rotatable bonds is 2. The van der Waals surface area contributed by atoms with Crippen LogP contribution in [0.1, 0.15) is 50.7 Å². The highest BCUT2D eigenvalue weighted by Crippen LogP contribution is 2.42. The van der Waals surface area contributed by atoms with Gasteiger partial charge in [-0.3, -0.25) is 0 Å². The minimum Gasteiger partial charge on any atom is -0.364 e. The summed E-state index contributed by atoms with van der Waals surface area (Å²) in [7, 11) is 0. The number of nitrogens with one attached hydrogen (secondary N) is 1. The van der Waals surface area contributed by atoms with Crippen LogP contribution in [0.25, 0.3) is 0 Å². The minimum absolute atomic E-state index is 0.00289. The topological polar surface area (TPSA) is 21.3 Å². The molecule has 0 aromatic heterocycles. The van der Waals surface area contributed by atoms with Crippen molar-refractivity contribution in [3.05, 3.63) is 33.8 Å². The van der Waals surface area contributed by atoms with Crippen LogP contribution < -0.4 is 5.32 Å². The largest absolute Gasteiger partial charge is 0.364 e. The molecule has 116 valence electrons. The second kappa shape index (κ2) is 6.45. The van der Waals surface area contributed by atoms with Crippen LogP contribution in [-0.4, -0.2) is 18.7 Å². The second-order valence-electron chi connectivity index (χ2n) is 6.42. The minimum atomic E-state index is -0.0137. The van der Waals surface area contributed by atoms with Crippen LogP contribution in [0.3, 0.4) is 0 Å². The molecule has 4 heteroatoms. The van der Waals surface area contributed by atoms with E-state index >= 15 is 0 Å². The summed E-state index contributed by atoms with van der Waals surface area (Å²) in [5, 5.41) is 4.78. The van der Waals surface area contributed by atoms with E-state index in [0.717, 1.165) is 37.4 Å². The van der Waals surface area contributed by atoms with E-state index in [4.69, 9.17) is 27.9 Å². The first kappa shape index (κ1) is 15.6. The highest BCUT2D eigenvalue weighted by atomic mass is 35.5. The van der Waals surface area contributed by atoms with Crippen molar-refractivity contribution >= 4 is 23.2 Å². The Morgan fingerprint density at radius 2 is 2.05 bits per heavy atom. The first-order valence-electron chi connectivity index (χ1n) is 7.96. The third-order valence-electron chi connectivity index (χ3n) is 5.09. The molecule has 1 heterocycles. The molecule has 3 rings (SSSR count). The van der Waals surface area contributed by atoms with Crippen molar-refractivity contribution in [1.82, 2.24) is 5.32 Å². The van der Waals surface area contributed by atoms with Crippen molar-refractivity contribution in [2.75, 3.05) is 13.1 Å². The molecular weight excluding hydrogens is 305 g/mol. The molecule has 0 radical (unpaired) electrons. The maximum Gasteiger partial charge on any atom is 0.0972 e. The lowest BCUT2D eigenvalue weighted by Gasteiger charge is -2.46. The molecule has 1 saturated carbocycles. The van der Waals surface area contributed by atoms with Gasteiger partial charge in [-0.2, -0.15) is 0 Å². The van der Waals surface area contributed by atoms with Gasteiger partial charge in [-0.1, -0.05) is 48.7 Å². The fraction of sp³-hybridized carbons (Fsp3) is 0.647. The van der Waals surface area contributed by atoms with E-state index in [0.29, 0.717) is 10.0 Å². The molecule has 1 aliphatic heterocycles. The van der Waals surface area contributed by atoms with Gasteiger partial charge in [0.05, 0.1) is 21.8 Å². The normalized spacial score (nSPS) is 33.3. The number of hydrogen-bond acceptors (Lipinski definition) is 2. The Balaban J connectivity index is 1.76. The van der Waals surface area contributed by atoms with Crippen LogP contribution in [0.4, 0.5) is 0 Å². The van der Waals surface area contributed by atoms with E-state index < -0.39 is 0 Å². The van der Waals surface area contributed by atoms with E-state index in [2.05, 4.69) is 12.2 Å². The lowest BCUT2D eigenvalue weighted by molar-refractivity contribution is -0.141. The Labute approximate surface area is 137 Å². The van der Waals surface area contributed by atoms with Gasteiger partial charge in [0.2, 0.25) is 0 Å². The van der Waals surface area contributed by atoms with Crippen LogP contribution in [0.2, 0.25) is 10.0 Å². The molecule has 1 unspecified atom stereocenters. The summed E-state index contributed by atoms with van der Waals surface area (Å²) >= 11 is 12.5. The molecule has 1 spiro atoms. The fourth-order valence-corrected chi connectivity index (χ4v) is 4.09. The van der Waals surface area contributed by atoms with Crippen LogP contribution in [0.5, 0.6) is 0 Å². The van der Waals surface area contributed by atoms with Crippen molar-refractivity contribution in [2.24, 2.45) is 5.92 Å². The van der Waals surface area contributed by atoms with E-state index in [-0.39, 0.29) is 11.7 Å². The molecular formula is C17H23Cl2NO. The van der Waals surface area contributed by atoms with Crippen LogP contribution in [0, 0.1) is 5.92 Å². The van der Waals surface area contributed by atoms with Gasteiger partial charge in [-0.25, -0.2) is 0 Å². The standard InChI is InChI=1S/C17H23Cl2NO/c1-2-12-6-8-17(9-7-12)11-20-10-15(21-17)13-4-3-5-14(18)16(13)19/h3-5,12,15,20H,2,6-11H2,1H3. The summed E-state index contributed by atoms with van der Waals surface area (Å²) in [6.45, 7) is 4.05. The average molecular weight is 328 g/mol. The molecule has 1 saturated heterocycles. The van der Waals surface area contributed by atoms with Gasteiger partial charge in [0.25, 0.3) is 0 Å². The Morgan fingerprint density at radius 3 is 2.76 bits per heavy atom. The molecule has 0 amide bonds. The number of benzene rings is 1. The lowest BCUT2D eigenvalue weighted by atomic mass is 9.77. The average Bonchev–Trinajstić information content (AvgIpc) is 2.51. The zero-order valence-corrected chi connectivity index (χ0v) is 14.0. The van der Waals surface area contributed by atoms with Gasteiger partial charge in [-0.05, 0) is 37.7 Å². The fourth-order valence-electron chi connectivity index (χ4n) is 3.67. The summed E-state index contributed by atoms with van der Waals surface area (Å²) < 4.78 is 6.52. The van der Waals surface area contributed by atoms with Gasteiger partial charge in [0.1, 0.15) is 0 Å². The number of hydrogen-bond donors (Lipinski definition) is 1. The van der Waals surface area contributed by atoms with Gasteiger partial charge < -0.3 is 10.1 Å². The van der Waals surface area contributed by atoms with Crippen molar-refractivity contribution < 1.29 is 4.74 Å². The lowest BCUT2D eigenvalue weighted by Crippen LogP contribution is -2.52. The van der Waals surface area contributed by atoms with Crippen LogP contribution in [0.15, 0.2) is 18.2 Å². The predicted molar refractivity (Wildman–Crippen MR) is 88.1 cm³/mol. The number of morpholine rings is 1. The zero-order chi connectivity index (χ0) is 14.9. The molecule has 2 nitrogen and oxygen atoms in total. The molecule has 21 heavy (non-hydrogen) atoms. The quantitative estimate of drug-likeness (QED) is 0.825. The molecule has 2 fully saturated rings. The Bertz CT molecular complexity index is 498. The maximum absolute atomic E-state index is 6.52. The van der Waals surface area contributed by atoms with Gasteiger partial charge >= 0.3 is 0 Å². The molecule has 0 bridgehead atoms. The highest BCUT2D eigenvalue weighted by Gasteiger charge is 2.41. The highest BCUT2D eigenvalue weighted by molar-refractivity contribution is 6.42. The number of halogens is 2. The Hall–Kier alpha value is -0.280. The van der Waals surface area contributed by atoms with Crippen LogP contribution >= 0.6 is 23.2 Å². The Morgan fingerprint density at radius 1 is 1.29 bits per heavy atom. The molecule has 1 aliphatic carbocycles. The van der Waals surface area contributed by atoms with Gasteiger partial charge in [0.15, 0.2) is 0 Å². The molecule has 2 aliphatic rings. The first-order chi connectivity index (χ1) is 10.1. The Kier molecular flexibility index (Phi) is 4.80. The predicted octanol–water partition coefficient (Wildman–Crippen LogP) is 4.99. The maximum atomic E-state index is 6.52. The van der Waals surface area contributed by atoms with E-state index in [1.54, 1.807) is 0 Å². The molecule has 1 aromatic carbocycles. The smallest absolute Gasteiger partial charge is 0.0972 e. The van der Waals surface area contributed by atoms with Crippen molar-refractivity contribution in [1.29, 1.82) is 0 Å². The third kappa shape index (κ3) is 3.24. The monoisotopic (exact) mass is 327 g/mol. The second-order valence-corrected chi connectivity index (χ2v) is 7.20. The first-order valence-corrected chi connectivity index (χ1v) is 8.71. The zero-order valence-electron chi connectivity index (χ0n) is 12.5. The summed E-state index contributed by atoms with van der Waals surface area (Å²) in [5.41, 5.74) is 0.994. The van der Waals surface area contributed by atoms with Crippen molar-refractivity contribution in [2.45, 2.75) is 50.7 Å². The van der Waals surface area contributed by atoms with Crippen molar-refractivity contribution in [3.8, 4) is 0 Å².